The molecule has 0 amide bonds. The van der Waals surface area contributed by atoms with Crippen molar-refractivity contribution in [3.8, 4) is 0 Å². The Kier molecular flexibility index (Phi) is 26.3. The van der Waals surface area contributed by atoms with Crippen molar-refractivity contribution in [2.75, 3.05) is 0 Å². The van der Waals surface area contributed by atoms with E-state index in [1.54, 1.807) is 0 Å². The van der Waals surface area contributed by atoms with Crippen molar-refractivity contribution in [1.82, 2.24) is 0 Å². The Morgan fingerprint density at radius 3 is 1.09 bits per heavy atom. The molecule has 56 valence electrons. The molecule has 0 aliphatic rings. The molecule has 0 saturated carbocycles. The summed E-state index contributed by atoms with van der Waals surface area (Å²) in [4.78, 5) is 8.33. The van der Waals surface area contributed by atoms with E-state index in [9.17, 15) is 0 Å². The Morgan fingerprint density at radius 2 is 1.09 bits per heavy atom. The summed E-state index contributed by atoms with van der Waals surface area (Å²) in [6.07, 6.45) is -2.33. The summed E-state index contributed by atoms with van der Waals surface area (Å²) < 4.78 is 33.1. The molecule has 0 aromatic heterocycles. The van der Waals surface area contributed by atoms with E-state index >= 15 is 0 Å². The molecule has 0 radical (unpaired) electrons. The van der Waals surface area contributed by atoms with Gasteiger partial charge in [-0.1, -0.05) is 0 Å². The molecule has 0 aromatic carbocycles. The number of carbonyl (C=O) groups excluding carboxylic acids is 1. The van der Waals surface area contributed by atoms with Gasteiger partial charge in [0.1, 0.15) is 0 Å². The summed E-state index contributed by atoms with van der Waals surface area (Å²) in [5, 5.41) is 16.7. The van der Waals surface area contributed by atoms with E-state index in [1.807, 2.05) is 0 Å². The van der Waals surface area contributed by atoms with Crippen LogP contribution in [0.4, 0.5) is 4.79 Å². The van der Waals surface area contributed by atoms with E-state index in [0.29, 0.717) is 0 Å². The molecule has 0 aliphatic carbocycles. The molecule has 11 heavy (non-hydrogen) atoms. The summed E-state index contributed by atoms with van der Waals surface area (Å²) in [5.41, 5.74) is 0. The minimum atomic E-state index is -5.38. The predicted molar refractivity (Wildman–Crippen MR) is 9.67 cm³/mol. The average molecular weight is 258 g/mol. The quantitative estimate of drug-likeness (QED) is 0.426. The Hall–Kier alpha value is 2.42. The Morgan fingerprint density at radius 1 is 1.09 bits per heavy atom. The Labute approximate surface area is 149 Å². The molecule has 0 unspecified atom stereocenters. The molecule has 1 N–H and O–H groups in total. The second-order valence-corrected chi connectivity index (χ2v) is 1.88. The molecular formula is CHK2MnO7. The topological polar surface area (TPSA) is 135 Å². The van der Waals surface area contributed by atoms with Crippen LogP contribution in [-0.4, -0.2) is 10.3 Å². The minimum absolute atomic E-state index is 0. The van der Waals surface area contributed by atoms with Crippen LogP contribution >= 0.6 is 0 Å². The first kappa shape index (κ1) is 23.3. The van der Waals surface area contributed by atoms with Crippen molar-refractivity contribution < 1.29 is 146 Å². The van der Waals surface area contributed by atoms with Crippen LogP contribution < -0.4 is 113 Å². The van der Waals surface area contributed by atoms with Crippen LogP contribution in [0, 0.1) is 0 Å². The van der Waals surface area contributed by atoms with E-state index in [2.05, 4.69) is 0 Å². The standard InChI is InChI=1S/CH2O3.2K.Mn.H2O.3O/c2-1(3)4;;;;;;;/h(H2,2,3,4);;;;1H2;;;/q;3*+1;;;;/p-3. The molecule has 7 nitrogen and oxygen atoms in total. The van der Waals surface area contributed by atoms with Crippen LogP contribution in [0.15, 0.2) is 0 Å². The summed E-state index contributed by atoms with van der Waals surface area (Å²) in [5.74, 6) is 0. The zero-order valence-corrected chi connectivity index (χ0v) is 13.2. The molecule has 10 heteroatoms. The summed E-state index contributed by atoms with van der Waals surface area (Å²) in [6.45, 7) is 0. The summed E-state index contributed by atoms with van der Waals surface area (Å²) in [7, 11) is 0. The molecule has 0 saturated heterocycles. The summed E-state index contributed by atoms with van der Waals surface area (Å²) >= 11 is -5.38. The van der Waals surface area contributed by atoms with Crippen LogP contribution in [0.2, 0.25) is 0 Å². The SMILES string of the molecule is O=C([O-])[O-].[K+].[K+].[O]=[Mn](=[O])(=[O])[OH]. The third-order valence-electron chi connectivity index (χ3n) is 0. The first-order valence-corrected chi connectivity index (χ1v) is 3.22. The second kappa shape index (κ2) is 12.4. The van der Waals surface area contributed by atoms with Crippen LogP contribution in [0.5, 0.6) is 0 Å². The van der Waals surface area contributed by atoms with Crippen LogP contribution in [0.25, 0.3) is 0 Å². The van der Waals surface area contributed by atoms with Gasteiger partial charge in [-0.15, -0.1) is 0 Å². The van der Waals surface area contributed by atoms with Gasteiger partial charge in [-0.2, -0.15) is 0 Å². The Bertz CT molecular complexity index is 202. The maximum atomic E-state index is 8.69. The van der Waals surface area contributed by atoms with Gasteiger partial charge in [0.25, 0.3) is 0 Å². The van der Waals surface area contributed by atoms with E-state index < -0.39 is 19.1 Å². The molecule has 0 fully saturated rings. The third-order valence-corrected chi connectivity index (χ3v) is 0. The van der Waals surface area contributed by atoms with Crippen LogP contribution in [-0.2, 0) is 24.5 Å². The van der Waals surface area contributed by atoms with Crippen LogP contribution in [0.3, 0.4) is 0 Å². The zero-order valence-electron chi connectivity index (χ0n) is 5.77. The maximum absolute atomic E-state index is 8.69. The van der Waals surface area contributed by atoms with Crippen molar-refractivity contribution in [3.05, 3.63) is 0 Å². The fourth-order valence-electron chi connectivity index (χ4n) is 0. The number of rotatable bonds is 0. The van der Waals surface area contributed by atoms with Crippen molar-refractivity contribution in [2.45, 2.75) is 0 Å². The third kappa shape index (κ3) is 230. The first-order chi connectivity index (χ1) is 3.73. The van der Waals surface area contributed by atoms with Gasteiger partial charge in [0.2, 0.25) is 0 Å². The van der Waals surface area contributed by atoms with Gasteiger partial charge in [0.05, 0.1) is 0 Å². The number of hydrogen-bond donors (Lipinski definition) is 1. The first-order valence-electron chi connectivity index (χ1n) is 1.24. The van der Waals surface area contributed by atoms with E-state index in [4.69, 9.17) is 30.7 Å². The molecule has 0 aliphatic heterocycles. The van der Waals surface area contributed by atoms with Crippen molar-refractivity contribution in [2.24, 2.45) is 0 Å². The summed E-state index contributed by atoms with van der Waals surface area (Å²) in [6, 6.07) is 0. The van der Waals surface area contributed by atoms with Gasteiger partial charge in [-0.05, 0) is 6.16 Å². The van der Waals surface area contributed by atoms with Gasteiger partial charge >= 0.3 is 131 Å². The van der Waals surface area contributed by atoms with Gasteiger partial charge in [0.15, 0.2) is 0 Å². The van der Waals surface area contributed by atoms with Gasteiger partial charge in [-0.25, -0.2) is 0 Å². The normalized spacial score (nSPS) is 7.36. The average Bonchev–Trinajstić information content (AvgIpc) is 1.19. The molecule has 0 bridgehead atoms. The van der Waals surface area contributed by atoms with Crippen LogP contribution in [0.1, 0.15) is 0 Å². The van der Waals surface area contributed by atoms with Crippen molar-refractivity contribution >= 4 is 6.16 Å². The predicted octanol–water partition coefficient (Wildman–Crippen LogP) is -9.35. The van der Waals surface area contributed by atoms with E-state index in [1.165, 1.54) is 0 Å². The molecule has 0 atom stereocenters. The van der Waals surface area contributed by atoms with Crippen molar-refractivity contribution in [1.29, 1.82) is 0 Å². The Balaban J connectivity index is -0.0000000383. The van der Waals surface area contributed by atoms with Gasteiger partial charge < -0.3 is 15.0 Å². The van der Waals surface area contributed by atoms with Gasteiger partial charge in [0, 0.05) is 0 Å². The van der Waals surface area contributed by atoms with Crippen molar-refractivity contribution in [3.63, 3.8) is 0 Å². The fraction of sp³-hybridized carbons (Fsp3) is 0. The number of hydrogen-bond acceptors (Lipinski definition) is 6. The molecule has 0 spiro atoms. The number of carboxylic acid groups (broad SMARTS) is 2. The van der Waals surface area contributed by atoms with Gasteiger partial charge in [-0.3, -0.25) is 0 Å². The van der Waals surface area contributed by atoms with E-state index in [-0.39, 0.29) is 103 Å². The monoisotopic (exact) mass is 258 g/mol. The molecule has 0 heterocycles. The fourth-order valence-corrected chi connectivity index (χ4v) is 0. The van der Waals surface area contributed by atoms with E-state index in [0.717, 1.165) is 0 Å². The molecule has 0 aromatic rings. The molecular weight excluding hydrogens is 257 g/mol. The molecule has 0 rings (SSSR count). The zero-order chi connectivity index (χ0) is 8.08. The second-order valence-electron chi connectivity index (χ2n) is 0.646. The number of carbonyl (C=O) groups is 1.